The quantitative estimate of drug-likeness (QED) is 0.851. The number of rotatable bonds is 4. The van der Waals surface area contributed by atoms with E-state index in [2.05, 4.69) is 15.2 Å². The first-order chi connectivity index (χ1) is 12.3. The van der Waals surface area contributed by atoms with Gasteiger partial charge in [0.25, 0.3) is 0 Å². The number of pyridine rings is 1. The topological polar surface area (TPSA) is 81.5 Å². The monoisotopic (exact) mass is 343 g/mol. The molecule has 8 nitrogen and oxygen atoms in total. The first kappa shape index (κ1) is 15.1. The molecule has 4 saturated heterocycles. The lowest BCUT2D eigenvalue weighted by Gasteiger charge is -2.47. The molecular weight excluding hydrogens is 322 g/mol. The summed E-state index contributed by atoms with van der Waals surface area (Å²) in [6, 6.07) is 1.87. The van der Waals surface area contributed by atoms with Crippen molar-refractivity contribution in [3.8, 4) is 0 Å². The maximum Gasteiger partial charge on any atom is 0.212 e. The number of nitrogens with zero attached hydrogens (tertiary/aromatic N) is 4. The van der Waals surface area contributed by atoms with Gasteiger partial charge >= 0.3 is 0 Å². The first-order valence-electron chi connectivity index (χ1n) is 8.92. The Balaban J connectivity index is 1.58. The van der Waals surface area contributed by atoms with E-state index in [-0.39, 0.29) is 6.23 Å². The minimum atomic E-state index is -0.0629. The third-order valence-electron chi connectivity index (χ3n) is 5.27. The van der Waals surface area contributed by atoms with Crippen LogP contribution in [0.5, 0.6) is 0 Å². The second-order valence-corrected chi connectivity index (χ2v) is 6.96. The van der Waals surface area contributed by atoms with E-state index in [9.17, 15) is 4.79 Å². The lowest BCUT2D eigenvalue weighted by Crippen LogP contribution is -2.57. The number of carbonyl (C=O) groups excluding carboxylic acids is 1. The fraction of sp³-hybridized carbons (Fsp3) is 0.588. The Morgan fingerprint density at radius 1 is 1.28 bits per heavy atom. The Labute approximate surface area is 145 Å². The molecule has 2 aromatic heterocycles. The van der Waals surface area contributed by atoms with Gasteiger partial charge < -0.3 is 19.7 Å². The first-order valence-corrected chi connectivity index (χ1v) is 8.92. The summed E-state index contributed by atoms with van der Waals surface area (Å²) in [6.45, 7) is 2.48. The second kappa shape index (κ2) is 5.96. The lowest BCUT2D eigenvalue weighted by atomic mass is 9.99. The van der Waals surface area contributed by atoms with E-state index in [1.165, 1.54) is 0 Å². The van der Waals surface area contributed by atoms with E-state index in [0.717, 1.165) is 62.1 Å². The Morgan fingerprint density at radius 3 is 2.84 bits per heavy atom. The number of fused-ring (bicyclic) bond motifs is 3. The number of hydrogen-bond donors (Lipinski definition) is 1. The van der Waals surface area contributed by atoms with Gasteiger partial charge in [0.2, 0.25) is 6.41 Å². The minimum absolute atomic E-state index is 0.0629. The molecule has 1 N–H and O–H groups in total. The molecule has 6 heterocycles. The summed E-state index contributed by atoms with van der Waals surface area (Å²) in [5, 5.41) is 8.52. The summed E-state index contributed by atoms with van der Waals surface area (Å²) in [4.78, 5) is 17.4. The number of carbonyl (C=O) groups is 1. The van der Waals surface area contributed by atoms with E-state index in [1.807, 2.05) is 10.7 Å². The fourth-order valence-electron chi connectivity index (χ4n) is 4.05. The highest BCUT2D eigenvalue weighted by Crippen LogP contribution is 2.36. The van der Waals surface area contributed by atoms with Crippen molar-refractivity contribution in [1.29, 1.82) is 0 Å². The summed E-state index contributed by atoms with van der Waals surface area (Å²) in [7, 11) is 0. The zero-order valence-corrected chi connectivity index (χ0v) is 13.9. The van der Waals surface area contributed by atoms with Crippen LogP contribution in [0.2, 0.25) is 0 Å². The number of nitrogens with one attached hydrogen (secondary N) is 1. The molecule has 0 spiro atoms. The van der Waals surface area contributed by atoms with Crippen LogP contribution >= 0.6 is 0 Å². The van der Waals surface area contributed by atoms with Gasteiger partial charge in [-0.25, -0.2) is 9.67 Å². The van der Waals surface area contributed by atoms with Crippen molar-refractivity contribution in [3.05, 3.63) is 12.3 Å². The highest BCUT2D eigenvalue weighted by Gasteiger charge is 2.40. The van der Waals surface area contributed by atoms with Gasteiger partial charge in [-0.3, -0.25) is 4.79 Å². The summed E-state index contributed by atoms with van der Waals surface area (Å²) in [6.07, 6.45) is 7.32. The van der Waals surface area contributed by atoms with Crippen molar-refractivity contribution in [2.75, 3.05) is 29.9 Å². The Kier molecular flexibility index (Phi) is 3.60. The molecule has 8 heteroatoms. The maximum atomic E-state index is 10.8. The number of aromatic nitrogens is 3. The van der Waals surface area contributed by atoms with Gasteiger partial charge in [0.1, 0.15) is 5.82 Å². The standard InChI is InChI=1S/C17H21N5O3/c23-10-19-15-6-14-13(7-18-15)17(21-8-11-5-12(9-21)25-11)20-22(14)16-3-1-2-4-24-16/h6-7,10-12,16H,1-5,8-9H2,(H,18,19,23). The van der Waals surface area contributed by atoms with Gasteiger partial charge in [0.15, 0.2) is 12.0 Å². The van der Waals surface area contributed by atoms with Gasteiger partial charge in [-0.05, 0) is 19.3 Å². The highest BCUT2D eigenvalue weighted by atomic mass is 16.5. The van der Waals surface area contributed by atoms with Crippen LogP contribution in [0.4, 0.5) is 11.6 Å². The normalized spacial score (nSPS) is 28.6. The van der Waals surface area contributed by atoms with Gasteiger partial charge in [-0.15, -0.1) is 0 Å². The van der Waals surface area contributed by atoms with E-state index in [1.54, 1.807) is 6.20 Å². The van der Waals surface area contributed by atoms with Crippen LogP contribution in [0.1, 0.15) is 31.9 Å². The van der Waals surface area contributed by atoms with Crippen LogP contribution in [0.25, 0.3) is 10.9 Å². The molecule has 0 aromatic carbocycles. The molecule has 1 amide bonds. The van der Waals surface area contributed by atoms with Gasteiger partial charge in [0, 0.05) is 38.4 Å². The van der Waals surface area contributed by atoms with E-state index >= 15 is 0 Å². The predicted octanol–water partition coefficient (Wildman–Crippen LogP) is 1.68. The average molecular weight is 343 g/mol. The van der Waals surface area contributed by atoms with Crippen LogP contribution in [0.15, 0.2) is 12.3 Å². The number of amides is 1. The molecule has 3 unspecified atom stereocenters. The SMILES string of the molecule is O=CNc1cc2c(cn1)c(N1CC3CC(C1)O3)nn2C1CCCCO1. The zero-order chi connectivity index (χ0) is 16.8. The van der Waals surface area contributed by atoms with Crippen LogP contribution in [-0.4, -0.2) is 53.1 Å². The largest absolute Gasteiger partial charge is 0.371 e. The molecule has 132 valence electrons. The summed E-state index contributed by atoms with van der Waals surface area (Å²) < 4.78 is 13.7. The lowest BCUT2D eigenvalue weighted by molar-refractivity contribution is -0.133. The molecular formula is C17H21N5O3. The van der Waals surface area contributed by atoms with E-state index in [4.69, 9.17) is 14.6 Å². The molecule has 25 heavy (non-hydrogen) atoms. The molecule has 4 aliphatic heterocycles. The summed E-state index contributed by atoms with van der Waals surface area (Å²) in [5.41, 5.74) is 0.946. The van der Waals surface area contributed by atoms with Crippen molar-refractivity contribution in [3.63, 3.8) is 0 Å². The molecule has 2 aromatic rings. The zero-order valence-electron chi connectivity index (χ0n) is 13.9. The number of hydrogen-bond acceptors (Lipinski definition) is 6. The number of ether oxygens (including phenoxy) is 2. The van der Waals surface area contributed by atoms with Gasteiger partial charge in [-0.1, -0.05) is 0 Å². The summed E-state index contributed by atoms with van der Waals surface area (Å²) >= 11 is 0. The van der Waals surface area contributed by atoms with Gasteiger partial charge in [0.05, 0.1) is 23.1 Å². The molecule has 3 atom stereocenters. The molecule has 6 rings (SSSR count). The van der Waals surface area contributed by atoms with Crippen molar-refractivity contribution in [2.45, 2.75) is 44.1 Å². The van der Waals surface area contributed by atoms with Crippen LogP contribution in [-0.2, 0) is 14.3 Å². The van der Waals surface area contributed by atoms with Crippen LogP contribution < -0.4 is 10.2 Å². The highest BCUT2D eigenvalue weighted by molar-refractivity contribution is 5.92. The number of morpholine rings is 1. The van der Waals surface area contributed by atoms with Crippen molar-refractivity contribution in [1.82, 2.24) is 14.8 Å². The van der Waals surface area contributed by atoms with Crippen molar-refractivity contribution >= 4 is 28.9 Å². The molecule has 4 aliphatic rings. The Hall–Kier alpha value is -2.19. The fourth-order valence-corrected chi connectivity index (χ4v) is 4.05. The minimum Gasteiger partial charge on any atom is -0.371 e. The van der Waals surface area contributed by atoms with Crippen LogP contribution in [0, 0.1) is 0 Å². The molecule has 2 bridgehead atoms. The smallest absolute Gasteiger partial charge is 0.212 e. The third-order valence-corrected chi connectivity index (χ3v) is 5.27. The average Bonchev–Trinajstić information content (AvgIpc) is 3.01. The molecule has 0 radical (unpaired) electrons. The Bertz CT molecular complexity index is 785. The molecule has 4 fully saturated rings. The van der Waals surface area contributed by atoms with Gasteiger partial charge in [-0.2, -0.15) is 5.10 Å². The third kappa shape index (κ3) is 2.56. The Morgan fingerprint density at radius 2 is 2.12 bits per heavy atom. The molecule has 0 saturated carbocycles. The van der Waals surface area contributed by atoms with Crippen molar-refractivity contribution in [2.24, 2.45) is 0 Å². The number of piperidine rings is 1. The van der Waals surface area contributed by atoms with E-state index < -0.39 is 0 Å². The second-order valence-electron chi connectivity index (χ2n) is 6.96. The number of anilines is 2. The van der Waals surface area contributed by atoms with E-state index in [0.29, 0.717) is 24.4 Å². The maximum absolute atomic E-state index is 10.8. The summed E-state index contributed by atoms with van der Waals surface area (Å²) in [5.74, 6) is 1.46. The predicted molar refractivity (Wildman–Crippen MR) is 91.5 cm³/mol. The van der Waals surface area contributed by atoms with Crippen molar-refractivity contribution < 1.29 is 14.3 Å². The molecule has 0 aliphatic carbocycles. The van der Waals surface area contributed by atoms with Crippen LogP contribution in [0.3, 0.4) is 0 Å².